The predicted molar refractivity (Wildman–Crippen MR) is 52.7 cm³/mol. The SMILES string of the molecule is COCc1cccc([C@H](C)CO)c1. The molecule has 0 radical (unpaired) electrons. The van der Waals surface area contributed by atoms with E-state index in [0.717, 1.165) is 11.1 Å². The molecule has 1 aromatic carbocycles. The molecule has 1 rings (SSSR count). The molecule has 0 saturated heterocycles. The Balaban J connectivity index is 2.78. The van der Waals surface area contributed by atoms with Gasteiger partial charge in [-0.3, -0.25) is 0 Å². The summed E-state index contributed by atoms with van der Waals surface area (Å²) >= 11 is 0. The van der Waals surface area contributed by atoms with Gasteiger partial charge in [-0.15, -0.1) is 0 Å². The van der Waals surface area contributed by atoms with Crippen LogP contribution in [0.1, 0.15) is 24.0 Å². The number of ether oxygens (including phenoxy) is 1. The maximum absolute atomic E-state index is 8.98. The summed E-state index contributed by atoms with van der Waals surface area (Å²) < 4.78 is 5.03. The van der Waals surface area contributed by atoms with Crippen molar-refractivity contribution in [2.75, 3.05) is 13.7 Å². The standard InChI is InChI=1S/C11H16O2/c1-9(7-12)11-5-3-4-10(6-11)8-13-2/h3-6,9,12H,7-8H2,1-2H3/t9-/m1/s1. The second-order valence-corrected chi connectivity index (χ2v) is 3.26. The fourth-order valence-electron chi connectivity index (χ4n) is 1.26. The van der Waals surface area contributed by atoms with Crippen molar-refractivity contribution in [3.8, 4) is 0 Å². The van der Waals surface area contributed by atoms with Crippen molar-refractivity contribution in [2.45, 2.75) is 19.4 Å². The lowest BCUT2D eigenvalue weighted by molar-refractivity contribution is 0.184. The number of methoxy groups -OCH3 is 1. The van der Waals surface area contributed by atoms with Crippen LogP contribution in [0.5, 0.6) is 0 Å². The van der Waals surface area contributed by atoms with Crippen LogP contribution in [0.2, 0.25) is 0 Å². The first kappa shape index (κ1) is 10.2. The Bertz CT molecular complexity index is 258. The van der Waals surface area contributed by atoms with Gasteiger partial charge in [-0.05, 0) is 11.1 Å². The smallest absolute Gasteiger partial charge is 0.0713 e. The number of benzene rings is 1. The van der Waals surface area contributed by atoms with E-state index < -0.39 is 0 Å². The zero-order chi connectivity index (χ0) is 9.68. The highest BCUT2D eigenvalue weighted by molar-refractivity contribution is 5.25. The minimum atomic E-state index is 0.191. The van der Waals surface area contributed by atoms with Crippen molar-refractivity contribution < 1.29 is 9.84 Å². The molecule has 0 heterocycles. The Labute approximate surface area is 79.2 Å². The van der Waals surface area contributed by atoms with Gasteiger partial charge in [-0.1, -0.05) is 31.2 Å². The van der Waals surface area contributed by atoms with Crippen LogP contribution in [0.25, 0.3) is 0 Å². The summed E-state index contributed by atoms with van der Waals surface area (Å²) in [7, 11) is 1.68. The molecule has 2 nitrogen and oxygen atoms in total. The average Bonchev–Trinajstić information content (AvgIpc) is 2.18. The monoisotopic (exact) mass is 180 g/mol. The summed E-state index contributed by atoms with van der Waals surface area (Å²) in [5.74, 6) is 0.205. The molecule has 0 fully saturated rings. The minimum absolute atomic E-state index is 0.191. The summed E-state index contributed by atoms with van der Waals surface area (Å²) in [6.45, 7) is 2.83. The molecule has 0 amide bonds. The molecule has 1 aromatic rings. The van der Waals surface area contributed by atoms with Gasteiger partial charge in [-0.25, -0.2) is 0 Å². The Morgan fingerprint density at radius 1 is 1.46 bits per heavy atom. The third kappa shape index (κ3) is 2.83. The first-order chi connectivity index (χ1) is 6.27. The van der Waals surface area contributed by atoms with E-state index >= 15 is 0 Å². The molecule has 13 heavy (non-hydrogen) atoms. The molecule has 0 aromatic heterocycles. The van der Waals surface area contributed by atoms with Crippen LogP contribution in [-0.4, -0.2) is 18.8 Å². The maximum atomic E-state index is 8.98. The van der Waals surface area contributed by atoms with Crippen molar-refractivity contribution in [2.24, 2.45) is 0 Å². The van der Waals surface area contributed by atoms with Crippen LogP contribution in [-0.2, 0) is 11.3 Å². The number of aliphatic hydroxyl groups excluding tert-OH is 1. The van der Waals surface area contributed by atoms with E-state index in [1.165, 1.54) is 0 Å². The highest BCUT2D eigenvalue weighted by atomic mass is 16.5. The van der Waals surface area contributed by atoms with Crippen LogP contribution in [0.3, 0.4) is 0 Å². The molecule has 0 unspecified atom stereocenters. The molecule has 1 N–H and O–H groups in total. The second kappa shape index (κ2) is 5.00. The quantitative estimate of drug-likeness (QED) is 0.767. The summed E-state index contributed by atoms with van der Waals surface area (Å²) in [5, 5.41) is 8.98. The summed E-state index contributed by atoms with van der Waals surface area (Å²) in [6.07, 6.45) is 0. The van der Waals surface area contributed by atoms with Crippen LogP contribution in [0.15, 0.2) is 24.3 Å². The normalized spacial score (nSPS) is 12.8. The lowest BCUT2D eigenvalue weighted by Gasteiger charge is -2.09. The number of rotatable bonds is 4. The fourth-order valence-corrected chi connectivity index (χ4v) is 1.26. The molecule has 0 saturated carbocycles. The van der Waals surface area contributed by atoms with Gasteiger partial charge in [0.25, 0.3) is 0 Å². The van der Waals surface area contributed by atoms with Crippen LogP contribution in [0.4, 0.5) is 0 Å². The molecule has 0 aliphatic carbocycles. The summed E-state index contributed by atoms with van der Waals surface area (Å²) in [5.41, 5.74) is 2.32. The minimum Gasteiger partial charge on any atom is -0.396 e. The average molecular weight is 180 g/mol. The lowest BCUT2D eigenvalue weighted by atomic mass is 10.0. The van der Waals surface area contributed by atoms with Crippen LogP contribution < -0.4 is 0 Å². The summed E-state index contributed by atoms with van der Waals surface area (Å²) in [6, 6.07) is 8.12. The molecule has 0 aliphatic heterocycles. The third-order valence-corrected chi connectivity index (χ3v) is 2.10. The molecule has 0 aliphatic rings. The third-order valence-electron chi connectivity index (χ3n) is 2.10. The van der Waals surface area contributed by atoms with E-state index in [-0.39, 0.29) is 12.5 Å². The molecular weight excluding hydrogens is 164 g/mol. The van der Waals surface area contributed by atoms with Gasteiger partial charge < -0.3 is 9.84 Å². The van der Waals surface area contributed by atoms with Gasteiger partial charge in [0, 0.05) is 19.6 Å². The van der Waals surface area contributed by atoms with Crippen molar-refractivity contribution >= 4 is 0 Å². The van der Waals surface area contributed by atoms with Crippen LogP contribution >= 0.6 is 0 Å². The molecule has 1 atom stereocenters. The van der Waals surface area contributed by atoms with E-state index in [0.29, 0.717) is 6.61 Å². The lowest BCUT2D eigenvalue weighted by Crippen LogP contribution is -1.99. The van der Waals surface area contributed by atoms with E-state index in [1.54, 1.807) is 7.11 Å². The highest BCUT2D eigenvalue weighted by Crippen LogP contribution is 2.16. The second-order valence-electron chi connectivity index (χ2n) is 3.26. The van der Waals surface area contributed by atoms with Gasteiger partial charge >= 0.3 is 0 Å². The number of hydrogen-bond acceptors (Lipinski definition) is 2. The molecule has 2 heteroatoms. The number of hydrogen-bond donors (Lipinski definition) is 1. The first-order valence-electron chi connectivity index (χ1n) is 4.46. The first-order valence-corrected chi connectivity index (χ1v) is 4.46. The zero-order valence-electron chi connectivity index (χ0n) is 8.16. The molecule has 0 spiro atoms. The Morgan fingerprint density at radius 3 is 2.85 bits per heavy atom. The van der Waals surface area contributed by atoms with Crippen LogP contribution in [0, 0.1) is 0 Å². The number of aliphatic hydroxyl groups is 1. The van der Waals surface area contributed by atoms with E-state index in [2.05, 4.69) is 6.07 Å². The fraction of sp³-hybridized carbons (Fsp3) is 0.455. The maximum Gasteiger partial charge on any atom is 0.0713 e. The van der Waals surface area contributed by atoms with Gasteiger partial charge in [0.15, 0.2) is 0 Å². The largest absolute Gasteiger partial charge is 0.396 e. The summed E-state index contributed by atoms with van der Waals surface area (Å²) in [4.78, 5) is 0. The van der Waals surface area contributed by atoms with Crippen molar-refractivity contribution in [3.63, 3.8) is 0 Å². The van der Waals surface area contributed by atoms with Crippen molar-refractivity contribution in [1.29, 1.82) is 0 Å². The Hall–Kier alpha value is -0.860. The van der Waals surface area contributed by atoms with E-state index in [4.69, 9.17) is 9.84 Å². The van der Waals surface area contributed by atoms with E-state index in [9.17, 15) is 0 Å². The predicted octanol–water partition coefficient (Wildman–Crippen LogP) is 1.93. The molecule has 72 valence electrons. The van der Waals surface area contributed by atoms with Gasteiger partial charge in [0.2, 0.25) is 0 Å². The molecular formula is C11H16O2. The Kier molecular flexibility index (Phi) is 3.93. The highest BCUT2D eigenvalue weighted by Gasteiger charge is 2.03. The zero-order valence-corrected chi connectivity index (χ0v) is 8.16. The van der Waals surface area contributed by atoms with Crippen molar-refractivity contribution in [1.82, 2.24) is 0 Å². The van der Waals surface area contributed by atoms with Gasteiger partial charge in [-0.2, -0.15) is 0 Å². The topological polar surface area (TPSA) is 29.5 Å². The van der Waals surface area contributed by atoms with Crippen molar-refractivity contribution in [3.05, 3.63) is 35.4 Å². The van der Waals surface area contributed by atoms with E-state index in [1.807, 2.05) is 25.1 Å². The Morgan fingerprint density at radius 2 is 2.23 bits per heavy atom. The van der Waals surface area contributed by atoms with Gasteiger partial charge in [0.1, 0.15) is 0 Å². The van der Waals surface area contributed by atoms with Gasteiger partial charge in [0.05, 0.1) is 6.61 Å². The molecule has 0 bridgehead atoms.